The van der Waals surface area contributed by atoms with Crippen LogP contribution in [0.3, 0.4) is 0 Å². The van der Waals surface area contributed by atoms with Gasteiger partial charge < -0.3 is 15.2 Å². The molecular formula is C18H21N3O2. The van der Waals surface area contributed by atoms with Crippen LogP contribution in [0.2, 0.25) is 0 Å². The maximum Gasteiger partial charge on any atom is 0.256 e. The summed E-state index contributed by atoms with van der Waals surface area (Å²) in [5, 5.41) is 5.01. The van der Waals surface area contributed by atoms with E-state index in [1.54, 1.807) is 0 Å². The van der Waals surface area contributed by atoms with Gasteiger partial charge in [-0.1, -0.05) is 24.6 Å². The van der Waals surface area contributed by atoms with Crippen molar-refractivity contribution in [1.82, 2.24) is 15.2 Å². The van der Waals surface area contributed by atoms with Crippen molar-refractivity contribution < 1.29 is 4.79 Å². The fraction of sp³-hybridized carbons (Fsp3) is 0.444. The van der Waals surface area contributed by atoms with Crippen LogP contribution in [0.25, 0.3) is 10.8 Å². The van der Waals surface area contributed by atoms with E-state index in [4.69, 9.17) is 0 Å². The molecule has 2 aromatic rings. The minimum atomic E-state index is -0.0423. The minimum absolute atomic E-state index is 0.0342. The summed E-state index contributed by atoms with van der Waals surface area (Å²) in [5.74, 6) is 0.200. The maximum atomic E-state index is 12.8. The number of aromatic nitrogens is 1. The van der Waals surface area contributed by atoms with Gasteiger partial charge in [-0.3, -0.25) is 9.59 Å². The molecular weight excluding hydrogens is 290 g/mol. The first kappa shape index (κ1) is 14.5. The van der Waals surface area contributed by atoms with Gasteiger partial charge in [0.25, 0.3) is 5.56 Å². The van der Waals surface area contributed by atoms with Crippen LogP contribution in [-0.4, -0.2) is 34.9 Å². The Hall–Kier alpha value is -2.14. The summed E-state index contributed by atoms with van der Waals surface area (Å²) in [7, 11) is 0. The number of carbonyl (C=O) groups excluding carboxylic acids is 1. The molecule has 0 bridgehead atoms. The Morgan fingerprint density at radius 1 is 1.17 bits per heavy atom. The zero-order valence-corrected chi connectivity index (χ0v) is 13.1. The van der Waals surface area contributed by atoms with E-state index in [0.717, 1.165) is 42.5 Å². The topological polar surface area (TPSA) is 65.2 Å². The average molecular weight is 311 g/mol. The highest BCUT2D eigenvalue weighted by molar-refractivity contribution is 5.87. The number of pyridine rings is 1. The lowest BCUT2D eigenvalue weighted by atomic mass is 9.97. The Labute approximate surface area is 134 Å². The third-order valence-electron chi connectivity index (χ3n) is 5.03. The largest absolute Gasteiger partial charge is 0.337 e. The van der Waals surface area contributed by atoms with Crippen molar-refractivity contribution in [2.45, 2.75) is 38.3 Å². The molecule has 0 spiro atoms. The first-order valence-corrected chi connectivity index (χ1v) is 8.39. The Balaban J connectivity index is 1.67. The molecule has 2 N–H and O–H groups in total. The summed E-state index contributed by atoms with van der Waals surface area (Å²) >= 11 is 0. The zero-order chi connectivity index (χ0) is 15.8. The summed E-state index contributed by atoms with van der Waals surface area (Å²) < 4.78 is 0. The highest BCUT2D eigenvalue weighted by Gasteiger charge is 2.29. The number of nitrogens with zero attached hydrogens (tertiary/aromatic N) is 1. The van der Waals surface area contributed by atoms with E-state index in [2.05, 4.69) is 10.3 Å². The standard InChI is InChI=1S/C18H21N3O2/c22-17-13-6-2-1-5-12(13)14-11-21(10-8-15(14)20-17)18(23)16-7-3-4-9-19-16/h1-2,5-6,16,19H,3-4,7-11H2,(H,20,22)/t16-/m1/s1. The Bertz CT molecular complexity index is 806. The van der Waals surface area contributed by atoms with Gasteiger partial charge in [0.05, 0.1) is 6.04 Å². The number of piperidine rings is 1. The maximum absolute atomic E-state index is 12.8. The SMILES string of the molecule is O=C([C@H]1CCCCN1)N1CCc2[nH]c(=O)c3ccccc3c2C1. The Morgan fingerprint density at radius 3 is 2.78 bits per heavy atom. The molecule has 0 unspecified atom stereocenters. The highest BCUT2D eigenvalue weighted by atomic mass is 16.2. The van der Waals surface area contributed by atoms with Gasteiger partial charge in [-0.05, 0) is 36.4 Å². The van der Waals surface area contributed by atoms with Crippen LogP contribution < -0.4 is 10.9 Å². The van der Waals surface area contributed by atoms with Gasteiger partial charge in [0.15, 0.2) is 0 Å². The summed E-state index contributed by atoms with van der Waals surface area (Å²) in [6.45, 7) is 2.19. The molecule has 0 saturated carbocycles. The predicted molar refractivity (Wildman–Crippen MR) is 89.3 cm³/mol. The fourth-order valence-corrected chi connectivity index (χ4v) is 3.77. The van der Waals surface area contributed by atoms with Gasteiger partial charge in [-0.25, -0.2) is 0 Å². The molecule has 0 aliphatic carbocycles. The van der Waals surface area contributed by atoms with Crippen molar-refractivity contribution in [3.63, 3.8) is 0 Å². The average Bonchev–Trinajstić information content (AvgIpc) is 2.62. The number of H-pyrrole nitrogens is 1. The van der Waals surface area contributed by atoms with Crippen molar-refractivity contribution >= 4 is 16.7 Å². The normalized spacial score (nSPS) is 21.2. The van der Waals surface area contributed by atoms with E-state index in [-0.39, 0.29) is 17.5 Å². The molecule has 5 nitrogen and oxygen atoms in total. The van der Waals surface area contributed by atoms with Crippen molar-refractivity contribution in [2.75, 3.05) is 13.1 Å². The van der Waals surface area contributed by atoms with E-state index >= 15 is 0 Å². The molecule has 2 aliphatic heterocycles. The van der Waals surface area contributed by atoms with Gasteiger partial charge in [0, 0.05) is 30.6 Å². The summed E-state index contributed by atoms with van der Waals surface area (Å²) in [5.41, 5.74) is 2.04. The third kappa shape index (κ3) is 2.55. The molecule has 120 valence electrons. The van der Waals surface area contributed by atoms with E-state index in [1.165, 1.54) is 0 Å². The third-order valence-corrected chi connectivity index (χ3v) is 5.03. The summed E-state index contributed by atoms with van der Waals surface area (Å²) in [4.78, 5) is 29.9. The first-order valence-electron chi connectivity index (χ1n) is 8.39. The molecule has 1 aromatic carbocycles. The Morgan fingerprint density at radius 2 is 2.00 bits per heavy atom. The molecule has 1 atom stereocenters. The van der Waals surface area contributed by atoms with Crippen LogP contribution in [0.5, 0.6) is 0 Å². The van der Waals surface area contributed by atoms with E-state index in [0.29, 0.717) is 24.9 Å². The lowest BCUT2D eigenvalue weighted by Crippen LogP contribution is -2.50. The molecule has 23 heavy (non-hydrogen) atoms. The van der Waals surface area contributed by atoms with E-state index in [1.807, 2.05) is 29.2 Å². The zero-order valence-electron chi connectivity index (χ0n) is 13.1. The molecule has 1 amide bonds. The summed E-state index contributed by atoms with van der Waals surface area (Å²) in [6, 6.07) is 7.61. The van der Waals surface area contributed by atoms with Crippen molar-refractivity contribution in [1.29, 1.82) is 0 Å². The van der Waals surface area contributed by atoms with Crippen LogP contribution >= 0.6 is 0 Å². The number of aromatic amines is 1. The number of benzene rings is 1. The minimum Gasteiger partial charge on any atom is -0.337 e. The summed E-state index contributed by atoms with van der Waals surface area (Å²) in [6.07, 6.45) is 3.91. The lowest BCUT2D eigenvalue weighted by Gasteiger charge is -2.33. The van der Waals surface area contributed by atoms with Crippen LogP contribution in [0, 0.1) is 0 Å². The fourth-order valence-electron chi connectivity index (χ4n) is 3.77. The molecule has 0 radical (unpaired) electrons. The number of hydrogen-bond acceptors (Lipinski definition) is 3. The second kappa shape index (κ2) is 5.81. The second-order valence-corrected chi connectivity index (χ2v) is 6.47. The van der Waals surface area contributed by atoms with Crippen molar-refractivity contribution in [2.24, 2.45) is 0 Å². The number of amides is 1. The smallest absolute Gasteiger partial charge is 0.256 e. The van der Waals surface area contributed by atoms with Crippen LogP contribution in [-0.2, 0) is 17.8 Å². The number of fused-ring (bicyclic) bond motifs is 3. The van der Waals surface area contributed by atoms with Gasteiger partial charge in [0.2, 0.25) is 5.91 Å². The van der Waals surface area contributed by atoms with Crippen molar-refractivity contribution in [3.8, 4) is 0 Å². The number of hydrogen-bond donors (Lipinski definition) is 2. The molecule has 3 heterocycles. The van der Waals surface area contributed by atoms with Gasteiger partial charge in [-0.2, -0.15) is 0 Å². The molecule has 2 aliphatic rings. The lowest BCUT2D eigenvalue weighted by molar-refractivity contribution is -0.135. The highest BCUT2D eigenvalue weighted by Crippen LogP contribution is 2.25. The van der Waals surface area contributed by atoms with E-state index in [9.17, 15) is 9.59 Å². The van der Waals surface area contributed by atoms with Gasteiger partial charge in [0.1, 0.15) is 0 Å². The van der Waals surface area contributed by atoms with Gasteiger partial charge in [-0.15, -0.1) is 0 Å². The monoisotopic (exact) mass is 311 g/mol. The number of rotatable bonds is 1. The van der Waals surface area contributed by atoms with Crippen LogP contribution in [0.15, 0.2) is 29.1 Å². The van der Waals surface area contributed by atoms with Crippen molar-refractivity contribution in [3.05, 3.63) is 45.9 Å². The van der Waals surface area contributed by atoms with Gasteiger partial charge >= 0.3 is 0 Å². The predicted octanol–water partition coefficient (Wildman–Crippen LogP) is 1.55. The second-order valence-electron chi connectivity index (χ2n) is 6.47. The molecule has 1 fully saturated rings. The molecule has 1 saturated heterocycles. The van der Waals surface area contributed by atoms with Crippen LogP contribution in [0.4, 0.5) is 0 Å². The quantitative estimate of drug-likeness (QED) is 0.840. The van der Waals surface area contributed by atoms with Crippen LogP contribution in [0.1, 0.15) is 30.5 Å². The number of carbonyl (C=O) groups is 1. The van der Waals surface area contributed by atoms with E-state index < -0.39 is 0 Å². The first-order chi connectivity index (χ1) is 11.2. The number of nitrogens with one attached hydrogen (secondary N) is 2. The molecule has 4 rings (SSSR count). The molecule has 5 heteroatoms. The Kier molecular flexibility index (Phi) is 3.65. The molecule has 1 aromatic heterocycles.